The maximum atomic E-state index is 12.0. The van der Waals surface area contributed by atoms with Gasteiger partial charge in [0.1, 0.15) is 5.78 Å². The Morgan fingerprint density at radius 2 is 1.69 bits per heavy atom. The van der Waals surface area contributed by atoms with E-state index in [9.17, 15) is 9.90 Å². The maximum absolute atomic E-state index is 12.0. The van der Waals surface area contributed by atoms with Crippen molar-refractivity contribution in [2.45, 2.75) is 92.4 Å². The molecule has 2 heteroatoms. The molecule has 4 rings (SSSR count). The van der Waals surface area contributed by atoms with Gasteiger partial charge in [0.25, 0.3) is 0 Å². The van der Waals surface area contributed by atoms with Crippen molar-refractivity contribution in [2.75, 3.05) is 6.61 Å². The van der Waals surface area contributed by atoms with Crippen molar-refractivity contribution in [3.63, 3.8) is 0 Å². The Hall–Kier alpha value is -0.370. The molecule has 8 atom stereocenters. The minimum absolute atomic E-state index is 0.350. The van der Waals surface area contributed by atoms with Crippen LogP contribution in [-0.2, 0) is 4.79 Å². The molecule has 4 fully saturated rings. The first-order valence-corrected chi connectivity index (χ1v) is 11.5. The van der Waals surface area contributed by atoms with Crippen molar-refractivity contribution in [3.05, 3.63) is 0 Å². The molecular weight excluding hydrogens is 320 g/mol. The van der Waals surface area contributed by atoms with Crippen molar-refractivity contribution >= 4 is 5.78 Å². The maximum Gasteiger partial charge on any atom is 0.133 e. The van der Waals surface area contributed by atoms with Crippen LogP contribution in [-0.4, -0.2) is 17.5 Å². The normalized spacial score (nSPS) is 48.5. The quantitative estimate of drug-likeness (QED) is 0.667. The molecule has 0 aromatic heterocycles. The van der Waals surface area contributed by atoms with Crippen LogP contribution < -0.4 is 0 Å². The Labute approximate surface area is 161 Å². The second kappa shape index (κ2) is 7.57. The summed E-state index contributed by atoms with van der Waals surface area (Å²) in [6.45, 7) is 11.7. The molecule has 0 heterocycles. The summed E-state index contributed by atoms with van der Waals surface area (Å²) in [5, 5.41) is 9.72. The molecule has 3 unspecified atom stereocenters. The minimum Gasteiger partial charge on any atom is -0.396 e. The Bertz CT molecular complexity index is 514. The molecule has 0 aromatic carbocycles. The van der Waals surface area contributed by atoms with Gasteiger partial charge < -0.3 is 5.11 Å². The van der Waals surface area contributed by atoms with E-state index in [1.165, 1.54) is 38.5 Å². The van der Waals surface area contributed by atoms with E-state index in [2.05, 4.69) is 20.8 Å². The average Bonchev–Trinajstić information content (AvgIpc) is 3.00. The number of carbonyl (C=O) groups excluding carboxylic acids is 1. The van der Waals surface area contributed by atoms with Crippen molar-refractivity contribution in [1.29, 1.82) is 0 Å². The second-order valence-corrected chi connectivity index (χ2v) is 10.3. The summed E-state index contributed by atoms with van der Waals surface area (Å²) in [5.41, 5.74) is 0.885. The van der Waals surface area contributed by atoms with Gasteiger partial charge in [-0.2, -0.15) is 0 Å². The van der Waals surface area contributed by atoms with Crippen molar-refractivity contribution in [1.82, 2.24) is 0 Å². The van der Waals surface area contributed by atoms with Gasteiger partial charge in [0.15, 0.2) is 0 Å². The van der Waals surface area contributed by atoms with E-state index in [0.29, 0.717) is 41.0 Å². The fourth-order valence-electron chi connectivity index (χ4n) is 8.15. The van der Waals surface area contributed by atoms with E-state index in [1.54, 1.807) is 0 Å². The molecule has 2 nitrogen and oxygen atoms in total. The fraction of sp³-hybridized carbons (Fsp3) is 0.958. The fourth-order valence-corrected chi connectivity index (χ4v) is 8.15. The first kappa shape index (κ1) is 20.4. The molecule has 0 aromatic rings. The summed E-state index contributed by atoms with van der Waals surface area (Å²) in [5.74, 6) is 4.96. The van der Waals surface area contributed by atoms with E-state index in [-0.39, 0.29) is 0 Å². The van der Waals surface area contributed by atoms with Crippen LogP contribution in [0, 0.1) is 46.3 Å². The van der Waals surface area contributed by atoms with E-state index < -0.39 is 0 Å². The number of rotatable bonds is 2. The molecule has 0 bridgehead atoms. The molecular formula is C24H42O2. The SMILES string of the molecule is CC.C[C@H](CO)C1CCC2[C@@H]3CC[C@@H]4CC(=O)CC[C@]4(C)C3CC[C@@]21C. The monoisotopic (exact) mass is 362 g/mol. The zero-order chi connectivity index (χ0) is 19.1. The van der Waals surface area contributed by atoms with Crippen LogP contribution in [0.2, 0.25) is 0 Å². The highest BCUT2D eigenvalue weighted by Gasteiger charge is 2.60. The summed E-state index contributed by atoms with van der Waals surface area (Å²) in [4.78, 5) is 12.0. The number of Topliss-reactive ketones (excluding diaryl/α,β-unsaturated/α-hetero) is 1. The molecule has 150 valence electrons. The van der Waals surface area contributed by atoms with Gasteiger partial charge in [-0.05, 0) is 91.3 Å². The van der Waals surface area contributed by atoms with Gasteiger partial charge in [-0.1, -0.05) is 34.6 Å². The highest BCUT2D eigenvalue weighted by molar-refractivity contribution is 5.79. The average molecular weight is 363 g/mol. The van der Waals surface area contributed by atoms with Gasteiger partial charge in [0, 0.05) is 19.4 Å². The zero-order valence-corrected chi connectivity index (χ0v) is 17.9. The Morgan fingerprint density at radius 3 is 2.38 bits per heavy atom. The predicted octanol–water partition coefficient (Wildman–Crippen LogP) is 5.87. The summed E-state index contributed by atoms with van der Waals surface area (Å²) < 4.78 is 0. The zero-order valence-electron chi connectivity index (χ0n) is 17.9. The highest BCUT2D eigenvalue weighted by Crippen LogP contribution is 2.67. The van der Waals surface area contributed by atoms with Gasteiger partial charge in [-0.25, -0.2) is 0 Å². The van der Waals surface area contributed by atoms with Crippen LogP contribution >= 0.6 is 0 Å². The third kappa shape index (κ3) is 2.99. The lowest BCUT2D eigenvalue weighted by Crippen LogP contribution is -2.53. The number of hydrogen-bond donors (Lipinski definition) is 1. The second-order valence-electron chi connectivity index (χ2n) is 10.3. The van der Waals surface area contributed by atoms with Crippen LogP contribution in [0.15, 0.2) is 0 Å². The van der Waals surface area contributed by atoms with Crippen LogP contribution in [0.25, 0.3) is 0 Å². The molecule has 0 spiro atoms. The first-order chi connectivity index (χ1) is 12.4. The van der Waals surface area contributed by atoms with Crippen molar-refractivity contribution < 1.29 is 9.90 Å². The standard InChI is InChI=1S/C22H36O2.C2H6/c1-14(13-23)18-6-7-19-17-5-4-15-12-16(24)8-10-21(15,2)20(17)9-11-22(18,19)3;1-2/h14-15,17-20,23H,4-13H2,1-3H3;1-2H3/t14-,15-,17+,18?,19?,20?,21+,22-;/m1./s1. The van der Waals surface area contributed by atoms with Crippen LogP contribution in [0.5, 0.6) is 0 Å². The lowest BCUT2D eigenvalue weighted by Gasteiger charge is -2.60. The van der Waals surface area contributed by atoms with Crippen LogP contribution in [0.3, 0.4) is 0 Å². The number of fused-ring (bicyclic) bond motifs is 5. The topological polar surface area (TPSA) is 37.3 Å². The van der Waals surface area contributed by atoms with Gasteiger partial charge in [-0.15, -0.1) is 0 Å². The Balaban J connectivity index is 0.000000948. The van der Waals surface area contributed by atoms with Crippen LogP contribution in [0.1, 0.15) is 92.4 Å². The van der Waals surface area contributed by atoms with E-state index >= 15 is 0 Å². The van der Waals surface area contributed by atoms with Crippen LogP contribution in [0.4, 0.5) is 0 Å². The Morgan fingerprint density at radius 1 is 1.00 bits per heavy atom. The largest absolute Gasteiger partial charge is 0.396 e. The van der Waals surface area contributed by atoms with E-state index in [1.807, 2.05) is 13.8 Å². The van der Waals surface area contributed by atoms with Crippen molar-refractivity contribution in [2.24, 2.45) is 46.3 Å². The number of hydrogen-bond acceptors (Lipinski definition) is 2. The van der Waals surface area contributed by atoms with Gasteiger partial charge in [0.2, 0.25) is 0 Å². The molecule has 4 aliphatic rings. The molecule has 26 heavy (non-hydrogen) atoms. The molecule has 0 saturated heterocycles. The lowest BCUT2D eigenvalue weighted by molar-refractivity contribution is -0.140. The van der Waals surface area contributed by atoms with Gasteiger partial charge in [-0.3, -0.25) is 4.79 Å². The smallest absolute Gasteiger partial charge is 0.133 e. The Kier molecular flexibility index (Phi) is 5.93. The summed E-state index contributed by atoms with van der Waals surface area (Å²) >= 11 is 0. The van der Waals surface area contributed by atoms with Gasteiger partial charge >= 0.3 is 0 Å². The molecule has 4 saturated carbocycles. The summed E-state index contributed by atoms with van der Waals surface area (Å²) in [6, 6.07) is 0. The number of aliphatic hydroxyl groups excluding tert-OH is 1. The third-order valence-electron chi connectivity index (χ3n) is 9.53. The summed E-state index contributed by atoms with van der Waals surface area (Å²) in [7, 11) is 0. The number of aliphatic hydroxyl groups is 1. The number of ketones is 1. The molecule has 4 aliphatic carbocycles. The minimum atomic E-state index is 0.350. The molecule has 0 aliphatic heterocycles. The molecule has 0 amide bonds. The predicted molar refractivity (Wildman–Crippen MR) is 108 cm³/mol. The van der Waals surface area contributed by atoms with Gasteiger partial charge in [0.05, 0.1) is 0 Å². The molecule has 1 N–H and O–H groups in total. The number of carbonyl (C=O) groups is 1. The molecule has 0 radical (unpaired) electrons. The van der Waals surface area contributed by atoms with Crippen molar-refractivity contribution in [3.8, 4) is 0 Å². The first-order valence-electron chi connectivity index (χ1n) is 11.5. The lowest BCUT2D eigenvalue weighted by atomic mass is 9.44. The van der Waals surface area contributed by atoms with E-state index in [0.717, 1.165) is 37.0 Å². The third-order valence-corrected chi connectivity index (χ3v) is 9.53. The van der Waals surface area contributed by atoms with E-state index in [4.69, 9.17) is 0 Å². The summed E-state index contributed by atoms with van der Waals surface area (Å²) in [6.07, 6.45) is 10.9. The highest BCUT2D eigenvalue weighted by atomic mass is 16.3.